The number of hydrogen-bond donors (Lipinski definition) is 2. The average Bonchev–Trinajstić information content (AvgIpc) is 2.41. The molecule has 0 aromatic heterocycles. The Hall–Kier alpha value is -1.17. The molecule has 0 aliphatic carbocycles. The van der Waals surface area contributed by atoms with Crippen molar-refractivity contribution >= 4 is 0 Å². The van der Waals surface area contributed by atoms with Crippen molar-refractivity contribution in [2.24, 2.45) is 5.73 Å². The minimum absolute atomic E-state index is 0.00520. The van der Waals surface area contributed by atoms with Gasteiger partial charge in [-0.1, -0.05) is 6.07 Å². The lowest BCUT2D eigenvalue weighted by Gasteiger charge is -2.23. The van der Waals surface area contributed by atoms with Gasteiger partial charge < -0.3 is 20.3 Å². The molecule has 1 aliphatic rings. The van der Waals surface area contributed by atoms with E-state index in [4.69, 9.17) is 20.3 Å². The molecule has 1 fully saturated rings. The van der Waals surface area contributed by atoms with Crippen molar-refractivity contribution in [3.63, 3.8) is 0 Å². The molecule has 4 nitrogen and oxygen atoms in total. The fourth-order valence-corrected chi connectivity index (χ4v) is 1.92. The standard InChI is InChI=1S/C13H18FNO3/c14-11-7-9(12(15)8-16)1-2-13(11)18-10-3-5-17-6-4-10/h1-2,7,10,12,16H,3-6,8,15H2. The summed E-state index contributed by atoms with van der Waals surface area (Å²) in [7, 11) is 0. The molecule has 0 amide bonds. The second-order valence-electron chi connectivity index (χ2n) is 4.41. The highest BCUT2D eigenvalue weighted by atomic mass is 19.1. The van der Waals surface area contributed by atoms with Crippen molar-refractivity contribution in [1.29, 1.82) is 0 Å². The van der Waals surface area contributed by atoms with Crippen LogP contribution in [0.25, 0.3) is 0 Å². The molecular weight excluding hydrogens is 237 g/mol. The van der Waals surface area contributed by atoms with Crippen LogP contribution in [0.2, 0.25) is 0 Å². The molecule has 0 radical (unpaired) electrons. The molecule has 0 saturated carbocycles. The summed E-state index contributed by atoms with van der Waals surface area (Å²) in [4.78, 5) is 0. The quantitative estimate of drug-likeness (QED) is 0.853. The SMILES string of the molecule is NC(CO)c1ccc(OC2CCOCC2)c(F)c1. The number of nitrogens with two attached hydrogens (primary N) is 1. The third-order valence-corrected chi connectivity index (χ3v) is 3.04. The molecule has 18 heavy (non-hydrogen) atoms. The first-order valence-electron chi connectivity index (χ1n) is 6.11. The van der Waals surface area contributed by atoms with E-state index >= 15 is 0 Å². The number of aliphatic hydroxyl groups excluding tert-OH is 1. The molecule has 100 valence electrons. The predicted octanol–water partition coefficient (Wildman–Crippen LogP) is 1.38. The van der Waals surface area contributed by atoms with Crippen LogP contribution in [-0.2, 0) is 4.74 Å². The van der Waals surface area contributed by atoms with Crippen LogP contribution in [0.5, 0.6) is 5.75 Å². The van der Waals surface area contributed by atoms with E-state index in [0.717, 1.165) is 12.8 Å². The van der Waals surface area contributed by atoms with Crippen LogP contribution in [0.1, 0.15) is 24.4 Å². The average molecular weight is 255 g/mol. The van der Waals surface area contributed by atoms with E-state index in [0.29, 0.717) is 18.8 Å². The highest BCUT2D eigenvalue weighted by Gasteiger charge is 2.17. The van der Waals surface area contributed by atoms with Crippen molar-refractivity contribution in [2.75, 3.05) is 19.8 Å². The lowest BCUT2D eigenvalue weighted by atomic mass is 10.1. The van der Waals surface area contributed by atoms with Gasteiger partial charge in [0.05, 0.1) is 25.9 Å². The maximum Gasteiger partial charge on any atom is 0.165 e. The van der Waals surface area contributed by atoms with Crippen LogP contribution in [-0.4, -0.2) is 31.0 Å². The second kappa shape index (κ2) is 6.13. The highest BCUT2D eigenvalue weighted by molar-refractivity contribution is 5.31. The Kier molecular flexibility index (Phi) is 4.52. The molecule has 5 heteroatoms. The first kappa shape index (κ1) is 13.3. The fourth-order valence-electron chi connectivity index (χ4n) is 1.92. The summed E-state index contributed by atoms with van der Waals surface area (Å²) in [5.41, 5.74) is 6.19. The first-order chi connectivity index (χ1) is 8.70. The third kappa shape index (κ3) is 3.19. The number of aliphatic hydroxyl groups is 1. The van der Waals surface area contributed by atoms with Crippen molar-refractivity contribution < 1.29 is 19.0 Å². The van der Waals surface area contributed by atoms with Gasteiger partial charge >= 0.3 is 0 Å². The van der Waals surface area contributed by atoms with E-state index in [1.807, 2.05) is 0 Å². The maximum atomic E-state index is 13.8. The molecule has 1 aliphatic heterocycles. The van der Waals surface area contributed by atoms with E-state index in [2.05, 4.69) is 0 Å². The minimum Gasteiger partial charge on any atom is -0.487 e. The summed E-state index contributed by atoms with van der Waals surface area (Å²) in [5.74, 6) is -0.210. The Morgan fingerprint density at radius 1 is 1.44 bits per heavy atom. The molecule has 1 aromatic rings. The smallest absolute Gasteiger partial charge is 0.165 e. The summed E-state index contributed by atoms with van der Waals surface area (Å²) in [6, 6.07) is 4.00. The number of ether oxygens (including phenoxy) is 2. The number of hydrogen-bond acceptors (Lipinski definition) is 4. The summed E-state index contributed by atoms with van der Waals surface area (Å²) >= 11 is 0. The van der Waals surface area contributed by atoms with Crippen LogP contribution in [0.4, 0.5) is 4.39 Å². The van der Waals surface area contributed by atoms with E-state index in [-0.39, 0.29) is 18.5 Å². The zero-order valence-corrected chi connectivity index (χ0v) is 10.1. The Labute approximate surface area is 106 Å². The van der Waals surface area contributed by atoms with Gasteiger partial charge in [-0.15, -0.1) is 0 Å². The molecule has 1 unspecified atom stereocenters. The van der Waals surface area contributed by atoms with Crippen LogP contribution in [0.3, 0.4) is 0 Å². The molecule has 0 bridgehead atoms. The number of rotatable bonds is 4. The zero-order chi connectivity index (χ0) is 13.0. The van der Waals surface area contributed by atoms with Crippen molar-refractivity contribution in [3.8, 4) is 5.75 Å². The minimum atomic E-state index is -0.559. The number of benzene rings is 1. The van der Waals surface area contributed by atoms with Gasteiger partial charge in [0.25, 0.3) is 0 Å². The number of halogens is 1. The summed E-state index contributed by atoms with van der Waals surface area (Å²) < 4.78 is 24.6. The van der Waals surface area contributed by atoms with Gasteiger partial charge in [0.2, 0.25) is 0 Å². The van der Waals surface area contributed by atoms with Crippen LogP contribution in [0.15, 0.2) is 18.2 Å². The van der Waals surface area contributed by atoms with E-state index in [1.54, 1.807) is 12.1 Å². The topological polar surface area (TPSA) is 64.7 Å². The Balaban J connectivity index is 2.04. The Morgan fingerprint density at radius 2 is 2.17 bits per heavy atom. The van der Waals surface area contributed by atoms with Crippen LogP contribution in [0, 0.1) is 5.82 Å². The molecule has 1 saturated heterocycles. The summed E-state index contributed by atoms with van der Waals surface area (Å²) in [6.45, 7) is 1.10. The molecule has 1 heterocycles. The second-order valence-corrected chi connectivity index (χ2v) is 4.41. The maximum absolute atomic E-state index is 13.8. The van der Waals surface area contributed by atoms with Gasteiger partial charge in [-0.3, -0.25) is 0 Å². The predicted molar refractivity (Wildman–Crippen MR) is 64.9 cm³/mol. The van der Waals surface area contributed by atoms with E-state index in [9.17, 15) is 4.39 Å². The van der Waals surface area contributed by atoms with E-state index < -0.39 is 11.9 Å². The Morgan fingerprint density at radius 3 is 2.78 bits per heavy atom. The third-order valence-electron chi connectivity index (χ3n) is 3.04. The summed E-state index contributed by atoms with van der Waals surface area (Å²) in [6.07, 6.45) is 1.56. The van der Waals surface area contributed by atoms with Gasteiger partial charge in [-0.2, -0.15) is 0 Å². The van der Waals surface area contributed by atoms with Crippen molar-refractivity contribution in [3.05, 3.63) is 29.6 Å². The lowest BCUT2D eigenvalue weighted by molar-refractivity contribution is 0.0240. The monoisotopic (exact) mass is 255 g/mol. The van der Waals surface area contributed by atoms with E-state index in [1.165, 1.54) is 6.07 Å². The normalized spacial score (nSPS) is 18.6. The lowest BCUT2D eigenvalue weighted by Crippen LogP contribution is -2.26. The molecule has 1 atom stereocenters. The molecule has 2 rings (SSSR count). The van der Waals surface area contributed by atoms with Crippen LogP contribution >= 0.6 is 0 Å². The van der Waals surface area contributed by atoms with Gasteiger partial charge in [-0.25, -0.2) is 4.39 Å². The van der Waals surface area contributed by atoms with Crippen molar-refractivity contribution in [1.82, 2.24) is 0 Å². The van der Waals surface area contributed by atoms with Gasteiger partial charge in [0.15, 0.2) is 11.6 Å². The Bertz CT molecular complexity index is 394. The van der Waals surface area contributed by atoms with Gasteiger partial charge in [0, 0.05) is 12.8 Å². The van der Waals surface area contributed by atoms with Crippen molar-refractivity contribution in [2.45, 2.75) is 25.0 Å². The largest absolute Gasteiger partial charge is 0.487 e. The van der Waals surface area contributed by atoms with Crippen LogP contribution < -0.4 is 10.5 Å². The van der Waals surface area contributed by atoms with Gasteiger partial charge in [0.1, 0.15) is 6.10 Å². The molecule has 0 spiro atoms. The molecular formula is C13H18FNO3. The van der Waals surface area contributed by atoms with Gasteiger partial charge in [-0.05, 0) is 17.7 Å². The molecule has 1 aromatic carbocycles. The molecule has 3 N–H and O–H groups in total. The fraction of sp³-hybridized carbons (Fsp3) is 0.538. The summed E-state index contributed by atoms with van der Waals surface area (Å²) in [5, 5.41) is 8.92. The zero-order valence-electron chi connectivity index (χ0n) is 10.1. The highest BCUT2D eigenvalue weighted by Crippen LogP contribution is 2.24. The first-order valence-corrected chi connectivity index (χ1v) is 6.11.